The van der Waals surface area contributed by atoms with Crippen LogP contribution >= 0.6 is 0 Å². The van der Waals surface area contributed by atoms with Gasteiger partial charge in [-0.3, -0.25) is 4.98 Å². The Morgan fingerprint density at radius 2 is 2.18 bits per heavy atom. The molecule has 0 amide bonds. The lowest BCUT2D eigenvalue weighted by atomic mass is 10.4. The largest absolute Gasteiger partial charge is 0.253 e. The maximum Gasteiger partial charge on any atom is 0.176 e. The van der Waals surface area contributed by atoms with Crippen LogP contribution in [0.4, 0.5) is 0 Å². The van der Waals surface area contributed by atoms with Crippen molar-refractivity contribution >= 4 is 5.65 Å². The lowest BCUT2D eigenvalue weighted by Gasteiger charge is -1.96. The van der Waals surface area contributed by atoms with Gasteiger partial charge in [-0.15, -0.1) is 0 Å². The van der Waals surface area contributed by atoms with Crippen molar-refractivity contribution in [1.82, 2.24) is 19.6 Å². The molecule has 56 valence electrons. The van der Waals surface area contributed by atoms with Gasteiger partial charge in [0.15, 0.2) is 5.65 Å². The Hall–Kier alpha value is -1.45. The average molecular weight is 148 g/mol. The molecule has 0 unspecified atom stereocenters. The molecule has 2 aromatic heterocycles. The van der Waals surface area contributed by atoms with Crippen molar-refractivity contribution in [2.75, 3.05) is 0 Å². The summed E-state index contributed by atoms with van der Waals surface area (Å²) in [7, 11) is 0. The van der Waals surface area contributed by atoms with Crippen molar-refractivity contribution in [3.8, 4) is 0 Å². The third-order valence-corrected chi connectivity index (χ3v) is 1.55. The van der Waals surface area contributed by atoms with Gasteiger partial charge in [0.1, 0.15) is 6.33 Å². The predicted octanol–water partition coefficient (Wildman–Crippen LogP) is 0.741. The molecule has 0 radical (unpaired) electrons. The van der Waals surface area contributed by atoms with Crippen LogP contribution in [0.25, 0.3) is 5.65 Å². The Labute approximate surface area is 63.9 Å². The quantitative estimate of drug-likeness (QED) is 0.553. The molecule has 0 aliphatic heterocycles. The molecular formula is C7H8N4. The van der Waals surface area contributed by atoms with Gasteiger partial charge in [-0.05, 0) is 13.8 Å². The SMILES string of the molecule is Cc1cn2ncnc2c(C)n1. The second-order valence-corrected chi connectivity index (χ2v) is 2.50. The van der Waals surface area contributed by atoms with E-state index in [2.05, 4.69) is 15.1 Å². The average Bonchev–Trinajstić information content (AvgIpc) is 2.34. The number of nitrogens with zero attached hydrogens (tertiary/aromatic N) is 4. The summed E-state index contributed by atoms with van der Waals surface area (Å²) in [6, 6.07) is 0. The summed E-state index contributed by atoms with van der Waals surface area (Å²) in [5.41, 5.74) is 2.71. The number of hydrogen-bond donors (Lipinski definition) is 0. The molecule has 0 aliphatic carbocycles. The molecule has 0 N–H and O–H groups in total. The van der Waals surface area contributed by atoms with Crippen LogP contribution in [0.15, 0.2) is 12.5 Å². The standard InChI is InChI=1S/C7H8N4/c1-5-3-11-7(6(2)10-5)8-4-9-11/h3-4H,1-2H3. The van der Waals surface area contributed by atoms with Crippen LogP contribution in [0.3, 0.4) is 0 Å². The van der Waals surface area contributed by atoms with E-state index in [9.17, 15) is 0 Å². The number of fused-ring (bicyclic) bond motifs is 1. The molecule has 0 bridgehead atoms. The maximum absolute atomic E-state index is 4.25. The van der Waals surface area contributed by atoms with E-state index in [0.717, 1.165) is 17.0 Å². The number of rotatable bonds is 0. The first-order valence-electron chi connectivity index (χ1n) is 3.41. The molecule has 0 aromatic carbocycles. The molecule has 0 spiro atoms. The minimum atomic E-state index is 0.829. The Balaban J connectivity index is 2.91. The monoisotopic (exact) mass is 148 g/mol. The second-order valence-electron chi connectivity index (χ2n) is 2.50. The van der Waals surface area contributed by atoms with Crippen molar-refractivity contribution in [2.24, 2.45) is 0 Å². The summed E-state index contributed by atoms with van der Waals surface area (Å²) in [6.07, 6.45) is 3.39. The summed E-state index contributed by atoms with van der Waals surface area (Å²) in [5, 5.41) is 4.01. The zero-order valence-electron chi connectivity index (χ0n) is 6.44. The number of aromatic nitrogens is 4. The summed E-state index contributed by atoms with van der Waals surface area (Å²) in [5.74, 6) is 0. The molecule has 0 fully saturated rings. The van der Waals surface area contributed by atoms with Crippen molar-refractivity contribution < 1.29 is 0 Å². The fourth-order valence-corrected chi connectivity index (χ4v) is 1.12. The summed E-state index contributed by atoms with van der Waals surface area (Å²) >= 11 is 0. The van der Waals surface area contributed by atoms with E-state index in [1.54, 1.807) is 4.52 Å². The molecule has 0 aliphatic rings. The summed E-state index contributed by atoms with van der Waals surface area (Å²) in [4.78, 5) is 8.30. The Kier molecular flexibility index (Phi) is 1.15. The third kappa shape index (κ3) is 0.869. The van der Waals surface area contributed by atoms with Crippen molar-refractivity contribution in [2.45, 2.75) is 13.8 Å². The highest BCUT2D eigenvalue weighted by Gasteiger charge is 1.99. The molecule has 11 heavy (non-hydrogen) atoms. The lowest BCUT2D eigenvalue weighted by molar-refractivity contribution is 0.914. The Morgan fingerprint density at radius 1 is 1.36 bits per heavy atom. The van der Waals surface area contributed by atoms with Crippen LogP contribution < -0.4 is 0 Å². The predicted molar refractivity (Wildman–Crippen MR) is 40.3 cm³/mol. The van der Waals surface area contributed by atoms with Gasteiger partial charge in [0.2, 0.25) is 0 Å². The number of aryl methyl sites for hydroxylation is 2. The first kappa shape index (κ1) is 6.27. The summed E-state index contributed by atoms with van der Waals surface area (Å²) in [6.45, 7) is 3.87. The van der Waals surface area contributed by atoms with E-state index >= 15 is 0 Å². The smallest absolute Gasteiger partial charge is 0.176 e. The van der Waals surface area contributed by atoms with E-state index in [1.807, 2.05) is 20.0 Å². The van der Waals surface area contributed by atoms with E-state index in [-0.39, 0.29) is 0 Å². The molecule has 4 nitrogen and oxygen atoms in total. The first-order chi connectivity index (χ1) is 5.27. The van der Waals surface area contributed by atoms with Gasteiger partial charge in [0.05, 0.1) is 17.6 Å². The normalized spacial score (nSPS) is 10.7. The molecule has 0 saturated carbocycles. The van der Waals surface area contributed by atoms with E-state index in [1.165, 1.54) is 6.33 Å². The van der Waals surface area contributed by atoms with E-state index in [0.29, 0.717) is 0 Å². The van der Waals surface area contributed by atoms with Crippen molar-refractivity contribution in [1.29, 1.82) is 0 Å². The molecular weight excluding hydrogens is 140 g/mol. The highest BCUT2D eigenvalue weighted by Crippen LogP contribution is 2.03. The maximum atomic E-state index is 4.25. The van der Waals surface area contributed by atoms with E-state index in [4.69, 9.17) is 0 Å². The Morgan fingerprint density at radius 3 is 3.00 bits per heavy atom. The van der Waals surface area contributed by atoms with Crippen LogP contribution in [0.2, 0.25) is 0 Å². The molecule has 0 atom stereocenters. The minimum absolute atomic E-state index is 0.829. The highest BCUT2D eigenvalue weighted by molar-refractivity contribution is 5.41. The van der Waals surface area contributed by atoms with E-state index < -0.39 is 0 Å². The number of hydrogen-bond acceptors (Lipinski definition) is 3. The van der Waals surface area contributed by atoms with Gasteiger partial charge in [-0.1, -0.05) is 0 Å². The summed E-state index contributed by atoms with van der Waals surface area (Å²) < 4.78 is 1.73. The van der Waals surface area contributed by atoms with Crippen LogP contribution in [-0.2, 0) is 0 Å². The van der Waals surface area contributed by atoms with Crippen LogP contribution in [-0.4, -0.2) is 19.6 Å². The lowest BCUT2D eigenvalue weighted by Crippen LogP contribution is -1.95. The van der Waals surface area contributed by atoms with Gasteiger partial charge in [0.25, 0.3) is 0 Å². The molecule has 2 heterocycles. The van der Waals surface area contributed by atoms with Gasteiger partial charge in [-0.25, -0.2) is 9.50 Å². The first-order valence-corrected chi connectivity index (χ1v) is 3.41. The van der Waals surface area contributed by atoms with Gasteiger partial charge < -0.3 is 0 Å². The zero-order chi connectivity index (χ0) is 7.84. The zero-order valence-corrected chi connectivity index (χ0v) is 6.44. The van der Waals surface area contributed by atoms with Gasteiger partial charge in [0, 0.05) is 0 Å². The molecule has 2 aromatic rings. The fourth-order valence-electron chi connectivity index (χ4n) is 1.12. The molecule has 2 rings (SSSR count). The van der Waals surface area contributed by atoms with Gasteiger partial charge in [-0.2, -0.15) is 5.10 Å². The highest BCUT2D eigenvalue weighted by atomic mass is 15.3. The minimum Gasteiger partial charge on any atom is -0.253 e. The van der Waals surface area contributed by atoms with Crippen LogP contribution in [0.1, 0.15) is 11.4 Å². The molecule has 4 heteroatoms. The van der Waals surface area contributed by atoms with Gasteiger partial charge >= 0.3 is 0 Å². The van der Waals surface area contributed by atoms with Crippen LogP contribution in [0, 0.1) is 13.8 Å². The third-order valence-electron chi connectivity index (χ3n) is 1.55. The fraction of sp³-hybridized carbons (Fsp3) is 0.286. The Bertz CT molecular complexity index is 390. The van der Waals surface area contributed by atoms with Crippen molar-refractivity contribution in [3.63, 3.8) is 0 Å². The van der Waals surface area contributed by atoms with Crippen LogP contribution in [0.5, 0.6) is 0 Å². The van der Waals surface area contributed by atoms with Crippen molar-refractivity contribution in [3.05, 3.63) is 23.9 Å². The topological polar surface area (TPSA) is 43.1 Å². The second kappa shape index (κ2) is 2.02. The molecule has 0 saturated heterocycles.